The van der Waals surface area contributed by atoms with Crippen molar-refractivity contribution < 1.29 is 19.2 Å². The van der Waals surface area contributed by atoms with Crippen LogP contribution >= 0.6 is 11.6 Å². The molecule has 7 nitrogen and oxygen atoms in total. The van der Waals surface area contributed by atoms with E-state index >= 15 is 0 Å². The van der Waals surface area contributed by atoms with Gasteiger partial charge in [-0.05, 0) is 42.7 Å². The van der Waals surface area contributed by atoms with E-state index in [0.717, 1.165) is 44.0 Å². The van der Waals surface area contributed by atoms with Crippen molar-refractivity contribution in [2.45, 2.75) is 20.4 Å². The molecule has 2 aromatic carbocycles. The van der Waals surface area contributed by atoms with E-state index in [1.165, 1.54) is 5.56 Å². The number of nitrogens with one attached hydrogen (secondary N) is 1. The molecule has 0 atom stereocenters. The molecule has 168 valence electrons. The number of phenols is 1. The number of morpholine rings is 1. The van der Waals surface area contributed by atoms with Crippen molar-refractivity contribution >= 4 is 17.5 Å². The summed E-state index contributed by atoms with van der Waals surface area (Å²) in [4.78, 5) is 15.1. The van der Waals surface area contributed by atoms with Crippen LogP contribution in [0.3, 0.4) is 0 Å². The Balaban J connectivity index is 1.73. The molecule has 2 heterocycles. The second-order valence-electron chi connectivity index (χ2n) is 7.80. The minimum atomic E-state index is -0.308. The van der Waals surface area contributed by atoms with E-state index in [4.69, 9.17) is 20.9 Å². The average Bonchev–Trinajstić information content (AvgIpc) is 3.23. The van der Waals surface area contributed by atoms with Gasteiger partial charge in [0.15, 0.2) is 11.5 Å². The van der Waals surface area contributed by atoms with Gasteiger partial charge in [-0.3, -0.25) is 9.69 Å². The molecule has 0 unspecified atom stereocenters. The average molecular weight is 456 g/mol. The largest absolute Gasteiger partial charge is 0.506 e. The molecule has 3 aromatic rings. The first-order valence-corrected chi connectivity index (χ1v) is 11.0. The molecule has 0 spiro atoms. The maximum atomic E-state index is 12.7. The number of carbonyl (C=O) groups excluding carboxylic acids is 1. The zero-order chi connectivity index (χ0) is 22.7. The molecule has 1 aliphatic rings. The molecule has 0 bridgehead atoms. The highest BCUT2D eigenvalue weighted by Gasteiger charge is 2.25. The first-order chi connectivity index (χ1) is 15.5. The minimum Gasteiger partial charge on any atom is -0.506 e. The van der Waals surface area contributed by atoms with E-state index in [1.807, 2.05) is 26.0 Å². The molecular formula is C24H26ClN3O4. The second kappa shape index (κ2) is 9.73. The third kappa shape index (κ3) is 4.65. The molecule has 1 saturated heterocycles. The maximum absolute atomic E-state index is 12.7. The molecule has 0 radical (unpaired) electrons. The topological polar surface area (TPSA) is 87.8 Å². The van der Waals surface area contributed by atoms with Gasteiger partial charge in [0.25, 0.3) is 5.91 Å². The van der Waals surface area contributed by atoms with E-state index in [0.29, 0.717) is 23.4 Å². The maximum Gasteiger partial charge on any atom is 0.274 e. The first-order valence-electron chi connectivity index (χ1n) is 10.6. The van der Waals surface area contributed by atoms with Gasteiger partial charge in [-0.1, -0.05) is 41.0 Å². The number of hydrogen-bond donors (Lipinski definition) is 2. The van der Waals surface area contributed by atoms with Crippen molar-refractivity contribution in [2.24, 2.45) is 0 Å². The van der Waals surface area contributed by atoms with Gasteiger partial charge in [-0.25, -0.2) is 0 Å². The number of halogens is 1. The van der Waals surface area contributed by atoms with E-state index < -0.39 is 0 Å². The lowest BCUT2D eigenvalue weighted by Gasteiger charge is -2.26. The van der Waals surface area contributed by atoms with Crippen LogP contribution in [0.1, 0.15) is 28.5 Å². The highest BCUT2D eigenvalue weighted by Crippen LogP contribution is 2.40. The number of rotatable bonds is 6. The van der Waals surface area contributed by atoms with Gasteiger partial charge in [0.2, 0.25) is 0 Å². The van der Waals surface area contributed by atoms with E-state index in [1.54, 1.807) is 12.1 Å². The van der Waals surface area contributed by atoms with Crippen LogP contribution in [0.5, 0.6) is 5.75 Å². The number of aromatic hydroxyl groups is 1. The van der Waals surface area contributed by atoms with Crippen molar-refractivity contribution in [3.63, 3.8) is 0 Å². The van der Waals surface area contributed by atoms with Gasteiger partial charge >= 0.3 is 0 Å². The number of amides is 1. The summed E-state index contributed by atoms with van der Waals surface area (Å²) in [6, 6.07) is 11.3. The summed E-state index contributed by atoms with van der Waals surface area (Å²) in [5.41, 5.74) is 4.23. The minimum absolute atomic E-state index is 0.00889. The van der Waals surface area contributed by atoms with E-state index in [9.17, 15) is 9.90 Å². The van der Waals surface area contributed by atoms with Crippen LogP contribution in [-0.4, -0.2) is 53.9 Å². The van der Waals surface area contributed by atoms with Crippen molar-refractivity contribution in [3.05, 3.63) is 58.2 Å². The number of phenolic OH excluding ortho intramolecular Hbond substituents is 1. The van der Waals surface area contributed by atoms with Crippen LogP contribution in [0.4, 0.5) is 0 Å². The highest BCUT2D eigenvalue weighted by molar-refractivity contribution is 6.32. The standard InChI is InChI=1S/C24H26ClN3O4/c1-3-26-24(30)22-21(23(32-27-22)18-13-19(25)20(29)12-15(18)2)17-6-4-16(5-7-17)14-28-8-10-31-11-9-28/h4-7,12-13,29H,3,8-11,14H2,1-2H3,(H,26,30). The van der Waals surface area contributed by atoms with Gasteiger partial charge < -0.3 is 19.7 Å². The molecule has 2 N–H and O–H groups in total. The smallest absolute Gasteiger partial charge is 0.274 e. The Morgan fingerprint density at radius 3 is 2.62 bits per heavy atom. The predicted molar refractivity (Wildman–Crippen MR) is 123 cm³/mol. The van der Waals surface area contributed by atoms with Crippen molar-refractivity contribution in [1.82, 2.24) is 15.4 Å². The number of benzene rings is 2. The fraction of sp³-hybridized carbons (Fsp3) is 0.333. The summed E-state index contributed by atoms with van der Waals surface area (Å²) in [6.45, 7) is 8.36. The van der Waals surface area contributed by atoms with Gasteiger partial charge in [0, 0.05) is 31.7 Å². The molecule has 4 rings (SSSR count). The fourth-order valence-electron chi connectivity index (χ4n) is 3.85. The summed E-state index contributed by atoms with van der Waals surface area (Å²) in [7, 11) is 0. The summed E-state index contributed by atoms with van der Waals surface area (Å²) >= 11 is 6.16. The lowest BCUT2D eigenvalue weighted by Crippen LogP contribution is -2.35. The number of ether oxygens (including phenoxy) is 1. The normalized spacial score (nSPS) is 14.5. The number of nitrogens with zero attached hydrogens (tertiary/aromatic N) is 2. The number of carbonyl (C=O) groups is 1. The Kier molecular flexibility index (Phi) is 6.79. The Morgan fingerprint density at radius 1 is 1.22 bits per heavy atom. The molecule has 32 heavy (non-hydrogen) atoms. The molecule has 0 saturated carbocycles. The van der Waals surface area contributed by atoms with Gasteiger partial charge in [0.1, 0.15) is 5.75 Å². The molecule has 1 amide bonds. The Hall–Kier alpha value is -2.87. The zero-order valence-corrected chi connectivity index (χ0v) is 18.9. The van der Waals surface area contributed by atoms with Crippen LogP contribution < -0.4 is 5.32 Å². The van der Waals surface area contributed by atoms with E-state index in [-0.39, 0.29) is 22.4 Å². The quantitative estimate of drug-likeness (QED) is 0.577. The fourth-order valence-corrected chi connectivity index (χ4v) is 4.01. The second-order valence-corrected chi connectivity index (χ2v) is 8.21. The van der Waals surface area contributed by atoms with E-state index in [2.05, 4.69) is 27.5 Å². The monoisotopic (exact) mass is 455 g/mol. The highest BCUT2D eigenvalue weighted by atomic mass is 35.5. The summed E-state index contributed by atoms with van der Waals surface area (Å²) in [5, 5.41) is 17.0. The van der Waals surface area contributed by atoms with Crippen LogP contribution in [0.25, 0.3) is 22.5 Å². The summed E-state index contributed by atoms with van der Waals surface area (Å²) in [6.07, 6.45) is 0. The van der Waals surface area contributed by atoms with Crippen LogP contribution in [0, 0.1) is 6.92 Å². The molecule has 1 aliphatic heterocycles. The lowest BCUT2D eigenvalue weighted by molar-refractivity contribution is 0.0342. The Labute approximate surface area is 191 Å². The van der Waals surface area contributed by atoms with Crippen molar-refractivity contribution in [3.8, 4) is 28.2 Å². The lowest BCUT2D eigenvalue weighted by atomic mass is 9.96. The molecule has 0 aliphatic carbocycles. The van der Waals surface area contributed by atoms with Crippen LogP contribution in [-0.2, 0) is 11.3 Å². The van der Waals surface area contributed by atoms with Gasteiger partial charge in [-0.2, -0.15) is 0 Å². The first kappa shape index (κ1) is 22.3. The summed E-state index contributed by atoms with van der Waals surface area (Å²) in [5.74, 6) is 0.120. The number of aromatic nitrogens is 1. The molecular weight excluding hydrogens is 430 g/mol. The Bertz CT molecular complexity index is 1110. The third-order valence-corrected chi connectivity index (χ3v) is 5.84. The SMILES string of the molecule is CCNC(=O)c1noc(-c2cc(Cl)c(O)cc2C)c1-c1ccc(CN2CCOCC2)cc1. The molecule has 1 aromatic heterocycles. The van der Waals surface area contributed by atoms with Gasteiger partial charge in [-0.15, -0.1) is 0 Å². The van der Waals surface area contributed by atoms with Crippen molar-refractivity contribution in [1.29, 1.82) is 0 Å². The molecule has 8 heteroatoms. The predicted octanol–water partition coefficient (Wildman–Crippen LogP) is 4.26. The zero-order valence-electron chi connectivity index (χ0n) is 18.2. The van der Waals surface area contributed by atoms with Crippen LogP contribution in [0.15, 0.2) is 40.9 Å². The molecule has 1 fully saturated rings. The van der Waals surface area contributed by atoms with Gasteiger partial charge in [0.05, 0.1) is 23.8 Å². The number of aryl methyl sites for hydroxylation is 1. The third-order valence-electron chi connectivity index (χ3n) is 5.54. The number of hydrogen-bond acceptors (Lipinski definition) is 6. The summed E-state index contributed by atoms with van der Waals surface area (Å²) < 4.78 is 11.1. The van der Waals surface area contributed by atoms with Crippen LogP contribution in [0.2, 0.25) is 5.02 Å². The van der Waals surface area contributed by atoms with Crippen molar-refractivity contribution in [2.75, 3.05) is 32.8 Å². The Morgan fingerprint density at radius 2 is 1.94 bits per heavy atom.